The molecule has 0 aromatic heterocycles. The molecule has 0 spiro atoms. The van der Waals surface area contributed by atoms with Crippen molar-refractivity contribution in [1.82, 2.24) is 4.90 Å². The quantitative estimate of drug-likeness (QED) is 0.876. The van der Waals surface area contributed by atoms with E-state index in [4.69, 9.17) is 4.74 Å². The first kappa shape index (κ1) is 15.8. The average molecular weight is 291 g/mol. The second-order valence-electron chi connectivity index (χ2n) is 5.61. The maximum Gasteiger partial charge on any atom is 0.225 e. The molecule has 4 heteroatoms. The van der Waals surface area contributed by atoms with Crippen molar-refractivity contribution in [1.29, 1.82) is 0 Å². The van der Waals surface area contributed by atoms with Crippen LogP contribution in [-0.2, 0) is 4.79 Å². The van der Waals surface area contributed by atoms with Gasteiger partial charge in [0, 0.05) is 13.1 Å². The van der Waals surface area contributed by atoms with Crippen LogP contribution in [0.4, 0.5) is 0 Å². The van der Waals surface area contributed by atoms with Crippen molar-refractivity contribution in [3.8, 4) is 5.75 Å². The molecule has 0 bridgehead atoms. The lowest BCUT2D eigenvalue weighted by atomic mass is 9.90. The third kappa shape index (κ3) is 4.74. The lowest BCUT2D eigenvalue weighted by Crippen LogP contribution is -2.41. The Morgan fingerprint density at radius 1 is 1.33 bits per heavy atom. The van der Waals surface area contributed by atoms with Crippen LogP contribution in [0.25, 0.3) is 0 Å². The topological polar surface area (TPSA) is 49.8 Å². The summed E-state index contributed by atoms with van der Waals surface area (Å²) in [5, 5.41) is 9.85. The Morgan fingerprint density at radius 2 is 2.00 bits per heavy atom. The molecule has 1 aromatic rings. The van der Waals surface area contributed by atoms with Crippen LogP contribution in [0.15, 0.2) is 30.3 Å². The molecule has 1 heterocycles. The first-order valence-electron chi connectivity index (χ1n) is 7.84. The third-order valence-electron chi connectivity index (χ3n) is 4.18. The van der Waals surface area contributed by atoms with Gasteiger partial charge in [0.25, 0.3) is 0 Å². The molecule has 1 N–H and O–H groups in total. The molecule has 1 aromatic carbocycles. The fourth-order valence-corrected chi connectivity index (χ4v) is 2.80. The lowest BCUT2D eigenvalue weighted by Gasteiger charge is -2.34. The van der Waals surface area contributed by atoms with E-state index >= 15 is 0 Å². The number of aliphatic hydroxyl groups is 1. The van der Waals surface area contributed by atoms with Crippen LogP contribution in [0.2, 0.25) is 0 Å². The van der Waals surface area contributed by atoms with E-state index in [-0.39, 0.29) is 12.0 Å². The number of carbonyl (C=O) groups excluding carboxylic acids is 1. The standard InChI is InChI=1S/C17H25NO3/c1-2-16(19)14-8-11-18(12-9-14)17(20)10-13-21-15-6-4-3-5-7-15/h3-7,14,16,19H,2,8-13H2,1H3. The number of rotatable bonds is 6. The molecular formula is C17H25NO3. The Balaban J connectivity index is 1.68. The molecule has 1 aliphatic heterocycles. The summed E-state index contributed by atoms with van der Waals surface area (Å²) in [6.45, 7) is 3.93. The third-order valence-corrected chi connectivity index (χ3v) is 4.18. The minimum atomic E-state index is -0.219. The van der Waals surface area contributed by atoms with Gasteiger partial charge in [-0.25, -0.2) is 0 Å². The number of hydrogen-bond donors (Lipinski definition) is 1. The van der Waals surface area contributed by atoms with E-state index in [0.29, 0.717) is 18.9 Å². The van der Waals surface area contributed by atoms with Crippen LogP contribution in [0.5, 0.6) is 5.75 Å². The number of benzene rings is 1. The average Bonchev–Trinajstić information content (AvgIpc) is 2.55. The molecule has 0 aliphatic carbocycles. The van der Waals surface area contributed by atoms with Gasteiger partial charge in [0.1, 0.15) is 5.75 Å². The highest BCUT2D eigenvalue weighted by atomic mass is 16.5. The predicted octanol–water partition coefficient (Wildman–Crippen LogP) is 2.47. The van der Waals surface area contributed by atoms with Crippen LogP contribution in [0.1, 0.15) is 32.6 Å². The molecular weight excluding hydrogens is 266 g/mol. The highest BCUT2D eigenvalue weighted by Crippen LogP contribution is 2.22. The first-order valence-corrected chi connectivity index (χ1v) is 7.84. The Bertz CT molecular complexity index is 427. The molecule has 1 fully saturated rings. The fraction of sp³-hybridized carbons (Fsp3) is 0.588. The summed E-state index contributed by atoms with van der Waals surface area (Å²) >= 11 is 0. The van der Waals surface area contributed by atoms with Gasteiger partial charge in [-0.1, -0.05) is 25.1 Å². The second kappa shape index (κ2) is 8.03. The molecule has 0 saturated carbocycles. The number of carbonyl (C=O) groups is 1. The monoisotopic (exact) mass is 291 g/mol. The van der Waals surface area contributed by atoms with Gasteiger partial charge in [-0.05, 0) is 37.3 Å². The van der Waals surface area contributed by atoms with Crippen LogP contribution >= 0.6 is 0 Å². The van der Waals surface area contributed by atoms with E-state index in [1.54, 1.807) is 0 Å². The molecule has 116 valence electrons. The number of piperidine rings is 1. The van der Waals surface area contributed by atoms with Crippen LogP contribution in [-0.4, -0.2) is 41.7 Å². The number of ether oxygens (including phenoxy) is 1. The van der Waals surface area contributed by atoms with Crippen LogP contribution in [0, 0.1) is 5.92 Å². The molecule has 1 amide bonds. The number of likely N-dealkylation sites (tertiary alicyclic amines) is 1. The van der Waals surface area contributed by atoms with Crippen molar-refractivity contribution < 1.29 is 14.6 Å². The largest absolute Gasteiger partial charge is 0.493 e. The van der Waals surface area contributed by atoms with Crippen molar-refractivity contribution in [3.63, 3.8) is 0 Å². The Labute approximate surface area is 126 Å². The Kier molecular flexibility index (Phi) is 6.05. The molecule has 1 atom stereocenters. The Morgan fingerprint density at radius 3 is 2.62 bits per heavy atom. The van der Waals surface area contributed by atoms with E-state index in [1.165, 1.54) is 0 Å². The fourth-order valence-electron chi connectivity index (χ4n) is 2.80. The van der Waals surface area contributed by atoms with Crippen molar-refractivity contribution in [3.05, 3.63) is 30.3 Å². The number of nitrogens with zero attached hydrogens (tertiary/aromatic N) is 1. The summed E-state index contributed by atoms with van der Waals surface area (Å²) in [5.41, 5.74) is 0. The van der Waals surface area contributed by atoms with Crippen molar-refractivity contribution >= 4 is 5.91 Å². The first-order chi connectivity index (χ1) is 10.2. The van der Waals surface area contributed by atoms with E-state index in [1.807, 2.05) is 42.2 Å². The lowest BCUT2D eigenvalue weighted by molar-refractivity contribution is -0.133. The van der Waals surface area contributed by atoms with Gasteiger partial charge in [-0.2, -0.15) is 0 Å². The molecule has 0 radical (unpaired) electrons. The second-order valence-corrected chi connectivity index (χ2v) is 5.61. The zero-order chi connectivity index (χ0) is 15.1. The zero-order valence-electron chi connectivity index (χ0n) is 12.7. The number of para-hydroxylation sites is 1. The van der Waals surface area contributed by atoms with Crippen LogP contribution < -0.4 is 4.74 Å². The highest BCUT2D eigenvalue weighted by Gasteiger charge is 2.26. The summed E-state index contributed by atoms with van der Waals surface area (Å²) < 4.78 is 5.56. The normalized spacial score (nSPS) is 17.5. The smallest absolute Gasteiger partial charge is 0.225 e. The van der Waals surface area contributed by atoms with E-state index < -0.39 is 0 Å². The molecule has 1 unspecified atom stereocenters. The van der Waals surface area contributed by atoms with Gasteiger partial charge in [-0.15, -0.1) is 0 Å². The molecule has 1 aliphatic rings. The zero-order valence-corrected chi connectivity index (χ0v) is 12.7. The van der Waals surface area contributed by atoms with Gasteiger partial charge in [-0.3, -0.25) is 4.79 Å². The van der Waals surface area contributed by atoms with E-state index in [2.05, 4.69) is 0 Å². The van der Waals surface area contributed by atoms with Gasteiger partial charge in [0.2, 0.25) is 5.91 Å². The summed E-state index contributed by atoms with van der Waals surface area (Å²) in [4.78, 5) is 14.0. The molecule has 2 rings (SSSR count). The minimum absolute atomic E-state index is 0.148. The number of hydrogen-bond acceptors (Lipinski definition) is 3. The van der Waals surface area contributed by atoms with E-state index in [0.717, 1.165) is 38.1 Å². The van der Waals surface area contributed by atoms with Crippen LogP contribution in [0.3, 0.4) is 0 Å². The summed E-state index contributed by atoms with van der Waals surface area (Å²) in [6.07, 6.45) is 2.80. The SMILES string of the molecule is CCC(O)C1CCN(C(=O)CCOc2ccccc2)CC1. The van der Waals surface area contributed by atoms with Gasteiger partial charge >= 0.3 is 0 Å². The molecule has 1 saturated heterocycles. The Hall–Kier alpha value is -1.55. The highest BCUT2D eigenvalue weighted by molar-refractivity contribution is 5.76. The maximum absolute atomic E-state index is 12.1. The molecule has 4 nitrogen and oxygen atoms in total. The van der Waals surface area contributed by atoms with E-state index in [9.17, 15) is 9.90 Å². The number of aliphatic hydroxyl groups excluding tert-OH is 1. The minimum Gasteiger partial charge on any atom is -0.493 e. The van der Waals surface area contributed by atoms with Crippen molar-refractivity contribution in [2.45, 2.75) is 38.7 Å². The predicted molar refractivity (Wildman–Crippen MR) is 82.2 cm³/mol. The van der Waals surface area contributed by atoms with Gasteiger partial charge in [0.15, 0.2) is 0 Å². The molecule has 21 heavy (non-hydrogen) atoms. The number of amides is 1. The maximum atomic E-state index is 12.1. The summed E-state index contributed by atoms with van der Waals surface area (Å²) in [5.74, 6) is 1.30. The van der Waals surface area contributed by atoms with Crippen molar-refractivity contribution in [2.24, 2.45) is 5.92 Å². The van der Waals surface area contributed by atoms with Crippen molar-refractivity contribution in [2.75, 3.05) is 19.7 Å². The summed E-state index contributed by atoms with van der Waals surface area (Å²) in [7, 11) is 0. The van der Waals surface area contributed by atoms with Gasteiger partial charge < -0.3 is 14.7 Å². The van der Waals surface area contributed by atoms with Gasteiger partial charge in [0.05, 0.1) is 19.1 Å². The summed E-state index contributed by atoms with van der Waals surface area (Å²) in [6, 6.07) is 9.55.